The molecular formula is C14H14N2OS. The second-order valence-corrected chi connectivity index (χ2v) is 5.14. The molecule has 2 heterocycles. The van der Waals surface area contributed by atoms with E-state index in [0.29, 0.717) is 0 Å². The summed E-state index contributed by atoms with van der Waals surface area (Å²) >= 11 is 1.73. The average Bonchev–Trinajstić information content (AvgIpc) is 3.09. The molecule has 1 aliphatic heterocycles. The number of nitrogens with one attached hydrogen (secondary N) is 1. The molecular weight excluding hydrogens is 244 g/mol. The number of hydrogen-bond donors (Lipinski definition) is 1. The number of benzene rings is 1. The van der Waals surface area contributed by atoms with E-state index in [1.807, 2.05) is 12.1 Å². The summed E-state index contributed by atoms with van der Waals surface area (Å²) in [5.41, 5.74) is 5.59. The van der Waals surface area contributed by atoms with Crippen molar-refractivity contribution in [3.05, 3.63) is 52.2 Å². The Morgan fingerprint density at radius 3 is 2.78 bits per heavy atom. The summed E-state index contributed by atoms with van der Waals surface area (Å²) in [6, 6.07) is 12.6. The topological polar surface area (TPSA) is 33.6 Å². The van der Waals surface area contributed by atoms with Crippen LogP contribution in [0.15, 0.2) is 46.9 Å². The molecule has 0 fully saturated rings. The molecule has 1 aromatic heterocycles. The van der Waals surface area contributed by atoms with Gasteiger partial charge in [0.1, 0.15) is 5.75 Å². The summed E-state index contributed by atoms with van der Waals surface area (Å²) in [4.78, 5) is 1.25. The Labute approximate surface area is 110 Å². The Bertz CT molecular complexity index is 546. The molecule has 18 heavy (non-hydrogen) atoms. The lowest BCUT2D eigenvalue weighted by Gasteiger charge is -2.10. The van der Waals surface area contributed by atoms with Gasteiger partial charge in [-0.05, 0) is 29.1 Å². The van der Waals surface area contributed by atoms with E-state index in [9.17, 15) is 0 Å². The number of rotatable bonds is 3. The molecule has 0 saturated carbocycles. The molecule has 4 heteroatoms. The van der Waals surface area contributed by atoms with E-state index in [1.165, 1.54) is 10.4 Å². The average molecular weight is 258 g/mol. The van der Waals surface area contributed by atoms with Gasteiger partial charge >= 0.3 is 0 Å². The first kappa shape index (κ1) is 11.3. The summed E-state index contributed by atoms with van der Waals surface area (Å²) in [6.07, 6.45) is 0.937. The van der Waals surface area contributed by atoms with Gasteiger partial charge in [0.2, 0.25) is 0 Å². The lowest BCUT2D eigenvalue weighted by molar-refractivity contribution is 0.414. The van der Waals surface area contributed by atoms with E-state index >= 15 is 0 Å². The van der Waals surface area contributed by atoms with Crippen LogP contribution >= 0.6 is 11.3 Å². The predicted molar refractivity (Wildman–Crippen MR) is 74.3 cm³/mol. The quantitative estimate of drug-likeness (QED) is 0.917. The molecule has 1 N–H and O–H groups in total. The van der Waals surface area contributed by atoms with E-state index in [0.717, 1.165) is 17.9 Å². The molecule has 1 aliphatic rings. The minimum atomic E-state index is 0.271. The van der Waals surface area contributed by atoms with Crippen LogP contribution in [0.3, 0.4) is 0 Å². The summed E-state index contributed by atoms with van der Waals surface area (Å²) in [6.45, 7) is 0. The van der Waals surface area contributed by atoms with Crippen LogP contribution in [0.25, 0.3) is 0 Å². The van der Waals surface area contributed by atoms with Crippen LogP contribution in [-0.4, -0.2) is 12.8 Å². The number of hydrazone groups is 1. The van der Waals surface area contributed by atoms with Gasteiger partial charge in [-0.1, -0.05) is 18.2 Å². The summed E-state index contributed by atoms with van der Waals surface area (Å²) in [7, 11) is 1.68. The number of ether oxygens (including phenoxy) is 1. The minimum absolute atomic E-state index is 0.271. The second-order valence-electron chi connectivity index (χ2n) is 4.19. The highest BCUT2D eigenvalue weighted by Crippen LogP contribution is 2.27. The largest absolute Gasteiger partial charge is 0.497 e. The van der Waals surface area contributed by atoms with Crippen LogP contribution in [0.1, 0.15) is 22.9 Å². The summed E-state index contributed by atoms with van der Waals surface area (Å²) in [5, 5.41) is 6.51. The van der Waals surface area contributed by atoms with Crippen LogP contribution in [0.2, 0.25) is 0 Å². The van der Waals surface area contributed by atoms with E-state index in [2.05, 4.69) is 40.2 Å². The number of hydrogen-bond acceptors (Lipinski definition) is 4. The fraction of sp³-hybridized carbons (Fsp3) is 0.214. The summed E-state index contributed by atoms with van der Waals surface area (Å²) < 4.78 is 5.16. The highest BCUT2D eigenvalue weighted by molar-refractivity contribution is 7.12. The van der Waals surface area contributed by atoms with Gasteiger partial charge in [0.05, 0.1) is 23.7 Å². The lowest BCUT2D eigenvalue weighted by Crippen LogP contribution is -2.09. The molecule has 0 bridgehead atoms. The van der Waals surface area contributed by atoms with Crippen molar-refractivity contribution in [2.24, 2.45) is 5.10 Å². The van der Waals surface area contributed by atoms with Crippen molar-refractivity contribution >= 4 is 17.0 Å². The van der Waals surface area contributed by atoms with Crippen molar-refractivity contribution in [3.63, 3.8) is 0 Å². The van der Waals surface area contributed by atoms with E-state index in [4.69, 9.17) is 4.74 Å². The molecule has 0 radical (unpaired) electrons. The Morgan fingerprint density at radius 1 is 1.28 bits per heavy atom. The van der Waals surface area contributed by atoms with Crippen LogP contribution in [-0.2, 0) is 0 Å². The van der Waals surface area contributed by atoms with Gasteiger partial charge in [0.15, 0.2) is 0 Å². The number of thiophene rings is 1. The highest BCUT2D eigenvalue weighted by atomic mass is 32.1. The van der Waals surface area contributed by atoms with Crippen molar-refractivity contribution in [2.45, 2.75) is 12.5 Å². The highest BCUT2D eigenvalue weighted by Gasteiger charge is 2.21. The molecule has 3 rings (SSSR count). The molecule has 1 unspecified atom stereocenters. The fourth-order valence-electron chi connectivity index (χ4n) is 2.07. The molecule has 1 aromatic carbocycles. The van der Waals surface area contributed by atoms with Crippen molar-refractivity contribution in [1.29, 1.82) is 0 Å². The zero-order valence-electron chi connectivity index (χ0n) is 10.1. The van der Waals surface area contributed by atoms with Crippen LogP contribution < -0.4 is 10.2 Å². The molecule has 1 atom stereocenters. The number of methoxy groups -OCH3 is 1. The monoisotopic (exact) mass is 258 g/mol. The van der Waals surface area contributed by atoms with Crippen LogP contribution in [0.4, 0.5) is 0 Å². The molecule has 0 aliphatic carbocycles. The van der Waals surface area contributed by atoms with Crippen molar-refractivity contribution in [1.82, 2.24) is 5.43 Å². The van der Waals surface area contributed by atoms with Crippen molar-refractivity contribution in [3.8, 4) is 5.75 Å². The maximum atomic E-state index is 5.16. The Balaban J connectivity index is 1.73. The molecule has 0 amide bonds. The third kappa shape index (κ3) is 2.11. The van der Waals surface area contributed by atoms with Crippen molar-refractivity contribution < 1.29 is 4.74 Å². The number of nitrogens with zero attached hydrogens (tertiary/aromatic N) is 1. The molecule has 3 nitrogen and oxygen atoms in total. The smallest absolute Gasteiger partial charge is 0.118 e. The van der Waals surface area contributed by atoms with Crippen LogP contribution in [0, 0.1) is 0 Å². The van der Waals surface area contributed by atoms with Gasteiger partial charge in [-0.3, -0.25) is 0 Å². The van der Waals surface area contributed by atoms with Crippen LogP contribution in [0.5, 0.6) is 5.75 Å². The zero-order valence-corrected chi connectivity index (χ0v) is 10.9. The van der Waals surface area contributed by atoms with E-state index in [1.54, 1.807) is 18.4 Å². The summed E-state index contributed by atoms with van der Waals surface area (Å²) in [5.74, 6) is 0.885. The van der Waals surface area contributed by atoms with Gasteiger partial charge in [-0.25, -0.2) is 0 Å². The Morgan fingerprint density at radius 2 is 2.11 bits per heavy atom. The normalized spacial score (nSPS) is 18.3. The van der Waals surface area contributed by atoms with Gasteiger partial charge in [0.25, 0.3) is 0 Å². The van der Waals surface area contributed by atoms with Gasteiger partial charge in [0, 0.05) is 6.42 Å². The molecule has 2 aromatic rings. The van der Waals surface area contributed by atoms with E-state index in [-0.39, 0.29) is 6.04 Å². The molecule has 0 spiro atoms. The standard InChI is InChI=1S/C14H14N2OS/c1-17-11-6-4-10(5-7-11)12-9-13(16-15-12)14-3-2-8-18-14/h2-8,12,15H,9H2,1H3. The molecule has 0 saturated heterocycles. The zero-order chi connectivity index (χ0) is 12.4. The van der Waals surface area contributed by atoms with Gasteiger partial charge in [-0.2, -0.15) is 5.10 Å². The van der Waals surface area contributed by atoms with Gasteiger partial charge < -0.3 is 10.2 Å². The first-order valence-electron chi connectivity index (χ1n) is 5.87. The third-order valence-corrected chi connectivity index (χ3v) is 4.00. The van der Waals surface area contributed by atoms with Crippen molar-refractivity contribution in [2.75, 3.05) is 7.11 Å². The Hall–Kier alpha value is -1.81. The SMILES string of the molecule is COc1ccc(C2CC(c3cccs3)=NN2)cc1. The lowest BCUT2D eigenvalue weighted by atomic mass is 10.0. The first-order chi connectivity index (χ1) is 8.86. The van der Waals surface area contributed by atoms with Gasteiger partial charge in [-0.15, -0.1) is 11.3 Å². The third-order valence-electron chi connectivity index (χ3n) is 3.08. The predicted octanol–water partition coefficient (Wildman–Crippen LogP) is 3.20. The second kappa shape index (κ2) is 4.82. The minimum Gasteiger partial charge on any atom is -0.497 e. The molecule has 92 valence electrons. The Kier molecular flexibility index (Phi) is 3.02. The maximum absolute atomic E-state index is 5.16. The maximum Gasteiger partial charge on any atom is 0.118 e. The van der Waals surface area contributed by atoms with E-state index < -0.39 is 0 Å². The fourth-order valence-corrected chi connectivity index (χ4v) is 2.79. The first-order valence-corrected chi connectivity index (χ1v) is 6.74.